The molecule has 0 bridgehead atoms. The van der Waals surface area contributed by atoms with Gasteiger partial charge >= 0.3 is 6.61 Å². The fourth-order valence-corrected chi connectivity index (χ4v) is 3.96. The third-order valence-electron chi connectivity index (χ3n) is 4.31. The summed E-state index contributed by atoms with van der Waals surface area (Å²) < 4.78 is 62.1. The van der Waals surface area contributed by atoms with Gasteiger partial charge in [-0.2, -0.15) is 13.9 Å². The van der Waals surface area contributed by atoms with E-state index >= 15 is 0 Å². The Labute approximate surface area is 193 Å². The van der Waals surface area contributed by atoms with Crippen molar-refractivity contribution in [3.8, 4) is 11.5 Å². The van der Waals surface area contributed by atoms with Crippen molar-refractivity contribution in [1.29, 1.82) is 0 Å². The van der Waals surface area contributed by atoms with Crippen LogP contribution in [0.25, 0.3) is 0 Å². The van der Waals surface area contributed by atoms with E-state index in [2.05, 4.69) is 20.0 Å². The highest BCUT2D eigenvalue weighted by molar-refractivity contribution is 7.92. The molecule has 0 saturated heterocycles. The van der Waals surface area contributed by atoms with E-state index in [1.54, 1.807) is 12.1 Å². The van der Waals surface area contributed by atoms with Crippen LogP contribution >= 0.6 is 0 Å². The zero-order valence-corrected chi connectivity index (χ0v) is 18.3. The number of nitrogens with one attached hydrogen (secondary N) is 2. The number of rotatable bonds is 10. The summed E-state index contributed by atoms with van der Waals surface area (Å²) in [5.74, 6) is 0.484. The van der Waals surface area contributed by atoms with Crippen molar-refractivity contribution in [3.63, 3.8) is 0 Å². The smallest absolute Gasteiger partial charge is 0.387 e. The summed E-state index contributed by atoms with van der Waals surface area (Å²) >= 11 is 0. The first kappa shape index (κ1) is 24.4. The van der Waals surface area contributed by atoms with Gasteiger partial charge in [0.25, 0.3) is 15.7 Å². The first-order valence-corrected chi connectivity index (χ1v) is 11.0. The first-order valence-electron chi connectivity index (χ1n) is 9.47. The number of methoxy groups -OCH3 is 1. The molecule has 0 aliphatic rings. The molecule has 0 aliphatic heterocycles. The van der Waals surface area contributed by atoms with Crippen LogP contribution in [0.3, 0.4) is 0 Å². The molecule has 13 heteroatoms. The average Bonchev–Trinajstić information content (AvgIpc) is 2.80. The van der Waals surface area contributed by atoms with Crippen LogP contribution in [0.1, 0.15) is 5.56 Å². The number of nitro benzene ring substituents is 1. The zero-order chi connectivity index (χ0) is 24.7. The van der Waals surface area contributed by atoms with Crippen molar-refractivity contribution in [3.05, 3.63) is 82.4 Å². The summed E-state index contributed by atoms with van der Waals surface area (Å²) in [7, 11) is -2.79. The molecule has 3 rings (SSSR count). The van der Waals surface area contributed by atoms with Crippen molar-refractivity contribution in [1.82, 2.24) is 0 Å². The van der Waals surface area contributed by atoms with Crippen LogP contribution in [0.4, 0.5) is 25.8 Å². The van der Waals surface area contributed by atoms with Crippen molar-refractivity contribution >= 4 is 33.3 Å². The number of anilines is 2. The van der Waals surface area contributed by atoms with E-state index in [1.165, 1.54) is 55.8 Å². The van der Waals surface area contributed by atoms with Gasteiger partial charge in [-0.15, -0.1) is 0 Å². The average molecular weight is 492 g/mol. The topological polar surface area (TPSA) is 132 Å². The minimum Gasteiger partial charge on any atom is -0.497 e. The van der Waals surface area contributed by atoms with Crippen molar-refractivity contribution in [2.45, 2.75) is 11.5 Å². The number of halogens is 2. The maximum absolute atomic E-state index is 13.0. The molecule has 0 atom stereocenters. The summed E-state index contributed by atoms with van der Waals surface area (Å²) in [5, 5.41) is 15.1. The number of benzene rings is 3. The third-order valence-corrected chi connectivity index (χ3v) is 5.73. The van der Waals surface area contributed by atoms with Crippen LogP contribution in [0.15, 0.2) is 76.7 Å². The molecule has 3 aromatic rings. The quantitative estimate of drug-likeness (QED) is 0.243. The van der Waals surface area contributed by atoms with Crippen LogP contribution in [-0.4, -0.2) is 33.3 Å². The molecule has 34 heavy (non-hydrogen) atoms. The molecule has 178 valence electrons. The fourth-order valence-electron chi connectivity index (χ4n) is 2.72. The number of sulfonamides is 1. The molecular weight excluding hydrogens is 474 g/mol. The van der Waals surface area contributed by atoms with Crippen molar-refractivity contribution in [2.75, 3.05) is 17.3 Å². The van der Waals surface area contributed by atoms with Crippen LogP contribution in [0, 0.1) is 10.1 Å². The highest BCUT2D eigenvalue weighted by Crippen LogP contribution is 2.29. The van der Waals surface area contributed by atoms with Crippen molar-refractivity contribution < 1.29 is 31.6 Å². The lowest BCUT2D eigenvalue weighted by molar-refractivity contribution is -0.385. The fraction of sp³-hybridized carbons (Fsp3) is 0.0952. The van der Waals surface area contributed by atoms with Gasteiger partial charge < -0.3 is 9.47 Å². The third kappa shape index (κ3) is 6.38. The van der Waals surface area contributed by atoms with E-state index in [0.717, 1.165) is 12.1 Å². The number of hydrazone groups is 1. The Bertz CT molecular complexity index is 1280. The first-order chi connectivity index (χ1) is 16.2. The minimum absolute atomic E-state index is 0.0273. The van der Waals surface area contributed by atoms with E-state index < -0.39 is 32.1 Å². The lowest BCUT2D eigenvalue weighted by atomic mass is 10.2. The Morgan fingerprint density at radius 1 is 1.03 bits per heavy atom. The molecular formula is C21H18F2N4O6S. The number of nitrogens with zero attached hydrogens (tertiary/aromatic N) is 2. The van der Waals surface area contributed by atoms with Gasteiger partial charge in [0.15, 0.2) is 0 Å². The second-order valence-corrected chi connectivity index (χ2v) is 8.24. The highest BCUT2D eigenvalue weighted by Gasteiger charge is 2.22. The minimum atomic E-state index is -4.25. The van der Waals surface area contributed by atoms with E-state index in [1.807, 2.05) is 0 Å². The monoisotopic (exact) mass is 492 g/mol. The summed E-state index contributed by atoms with van der Waals surface area (Å²) in [5.41, 5.74) is 2.80. The van der Waals surface area contributed by atoms with Crippen LogP contribution in [0.2, 0.25) is 0 Å². The summed E-state index contributed by atoms with van der Waals surface area (Å²) in [6, 6.07) is 14.8. The molecule has 10 nitrogen and oxygen atoms in total. The molecule has 0 amide bonds. The Hall–Kier alpha value is -4.26. The summed E-state index contributed by atoms with van der Waals surface area (Å²) in [6.07, 6.45) is 1.31. The van der Waals surface area contributed by atoms with E-state index in [-0.39, 0.29) is 17.1 Å². The normalized spacial score (nSPS) is 11.4. The Balaban J connectivity index is 1.84. The SMILES string of the molecule is COc1ccc(NS(=O)(=O)c2cc([N+](=O)[O-])ccc2NN=Cc2ccc(OC(F)F)cc2)cc1. The maximum Gasteiger partial charge on any atom is 0.387 e. The molecule has 0 saturated carbocycles. The second kappa shape index (κ2) is 10.6. The summed E-state index contributed by atoms with van der Waals surface area (Å²) in [6.45, 7) is -2.95. The number of hydrogen-bond donors (Lipinski definition) is 2. The van der Waals surface area contributed by atoms with Gasteiger partial charge in [-0.1, -0.05) is 0 Å². The van der Waals surface area contributed by atoms with Crippen LogP contribution in [0.5, 0.6) is 11.5 Å². The molecule has 3 aromatic carbocycles. The highest BCUT2D eigenvalue weighted by atomic mass is 32.2. The Morgan fingerprint density at radius 2 is 1.68 bits per heavy atom. The van der Waals surface area contributed by atoms with Crippen molar-refractivity contribution in [2.24, 2.45) is 5.10 Å². The molecule has 0 radical (unpaired) electrons. The number of alkyl halides is 2. The Kier molecular flexibility index (Phi) is 7.58. The van der Waals surface area contributed by atoms with E-state index in [4.69, 9.17) is 4.74 Å². The van der Waals surface area contributed by atoms with Crippen LogP contribution < -0.4 is 19.6 Å². The molecule has 2 N–H and O–H groups in total. The molecule has 0 heterocycles. The molecule has 0 aliphatic carbocycles. The largest absolute Gasteiger partial charge is 0.497 e. The van der Waals surface area contributed by atoms with Gasteiger partial charge in [-0.25, -0.2) is 8.42 Å². The lowest BCUT2D eigenvalue weighted by Crippen LogP contribution is -2.15. The predicted molar refractivity (Wildman–Crippen MR) is 121 cm³/mol. The number of non-ortho nitro benzene ring substituents is 1. The van der Waals surface area contributed by atoms with Gasteiger partial charge in [0.2, 0.25) is 0 Å². The standard InChI is InChI=1S/C21H18F2N4O6S/c1-32-17-9-4-15(5-10-17)26-34(30,31)20-12-16(27(28)29)6-11-19(20)25-24-13-14-2-7-18(8-3-14)33-21(22)23/h2-13,21,25-26H,1H3. The van der Waals surface area contributed by atoms with Gasteiger partial charge in [0.1, 0.15) is 16.4 Å². The molecule has 0 fully saturated rings. The second-order valence-electron chi connectivity index (χ2n) is 6.59. The maximum atomic E-state index is 13.0. The molecule has 0 spiro atoms. The summed E-state index contributed by atoms with van der Waals surface area (Å²) in [4.78, 5) is 10.1. The zero-order valence-electron chi connectivity index (χ0n) is 17.5. The van der Waals surface area contributed by atoms with Crippen LogP contribution in [-0.2, 0) is 10.0 Å². The number of hydrogen-bond acceptors (Lipinski definition) is 8. The predicted octanol–water partition coefficient (Wildman–Crippen LogP) is 4.45. The number of ether oxygens (including phenoxy) is 2. The van der Waals surface area contributed by atoms with Gasteiger partial charge in [-0.3, -0.25) is 20.3 Å². The van der Waals surface area contributed by atoms with E-state index in [9.17, 15) is 27.3 Å². The molecule has 0 unspecified atom stereocenters. The molecule has 0 aromatic heterocycles. The lowest BCUT2D eigenvalue weighted by Gasteiger charge is -2.12. The van der Waals surface area contributed by atoms with E-state index in [0.29, 0.717) is 11.3 Å². The number of nitro groups is 1. The van der Waals surface area contributed by atoms with Gasteiger partial charge in [-0.05, 0) is 60.2 Å². The van der Waals surface area contributed by atoms with Gasteiger partial charge in [0, 0.05) is 17.8 Å². The Morgan fingerprint density at radius 3 is 2.26 bits per heavy atom. The van der Waals surface area contributed by atoms with Gasteiger partial charge in [0.05, 0.1) is 23.9 Å².